The second-order valence-corrected chi connectivity index (χ2v) is 2.64. The normalized spacial score (nSPS) is 27.9. The van der Waals surface area contributed by atoms with Crippen molar-refractivity contribution < 1.29 is 28.6 Å². The van der Waals surface area contributed by atoms with Crippen LogP contribution in [0.2, 0.25) is 0 Å². The van der Waals surface area contributed by atoms with Gasteiger partial charge in [0.1, 0.15) is 0 Å². The van der Waals surface area contributed by atoms with Crippen LogP contribution in [-0.2, 0) is 4.79 Å². The van der Waals surface area contributed by atoms with Crippen LogP contribution in [0.25, 0.3) is 0 Å². The van der Waals surface area contributed by atoms with Crippen molar-refractivity contribution in [2.75, 3.05) is 0 Å². The van der Waals surface area contributed by atoms with E-state index in [2.05, 4.69) is 0 Å². The smallest absolute Gasteiger partial charge is 0.394 e. The average molecular weight is 186 g/mol. The number of hydrogen-bond donors (Lipinski definition) is 1. The molecule has 0 amide bonds. The number of carbonyl (C=O) groups is 1. The quantitative estimate of drug-likeness (QED) is 0.733. The number of carboxylic acids is 1. The first-order chi connectivity index (χ1) is 6.90. The van der Waals surface area contributed by atoms with Crippen molar-refractivity contribution in [3.05, 3.63) is 0 Å². The van der Waals surface area contributed by atoms with E-state index in [4.69, 9.17) is 10.6 Å². The fraction of sp³-hybridized carbons (Fsp3) is 0.857. The molecule has 0 aromatic heterocycles. The van der Waals surface area contributed by atoms with Gasteiger partial charge in [-0.2, -0.15) is 13.2 Å². The minimum absolute atomic E-state index is 0.587. The maximum atomic E-state index is 12.6. The number of alkyl halides is 3. The van der Waals surface area contributed by atoms with Crippen LogP contribution in [0.5, 0.6) is 0 Å². The Morgan fingerprint density at radius 1 is 1.58 bits per heavy atom. The molecule has 1 fully saturated rings. The predicted molar refractivity (Wildman–Crippen MR) is 34.6 cm³/mol. The molecule has 1 saturated carbocycles. The lowest BCUT2D eigenvalue weighted by molar-refractivity contribution is -0.189. The monoisotopic (exact) mass is 186 g/mol. The second kappa shape index (κ2) is 2.64. The van der Waals surface area contributed by atoms with E-state index in [9.17, 15) is 18.0 Å². The summed E-state index contributed by atoms with van der Waals surface area (Å²) in [5.41, 5.74) is -2.87. The van der Waals surface area contributed by atoms with E-state index in [1.807, 2.05) is 0 Å². The highest BCUT2D eigenvalue weighted by Gasteiger charge is 2.62. The minimum Gasteiger partial charge on any atom is -0.481 e. The summed E-state index contributed by atoms with van der Waals surface area (Å²) in [4.78, 5) is 10.5. The maximum absolute atomic E-state index is 12.6. The summed E-state index contributed by atoms with van der Waals surface area (Å²) in [7, 11) is 0. The van der Waals surface area contributed by atoms with Crippen LogP contribution in [0.4, 0.5) is 13.2 Å². The molecule has 0 aromatic rings. The molecule has 0 heterocycles. The van der Waals surface area contributed by atoms with E-state index in [1.165, 1.54) is 0 Å². The van der Waals surface area contributed by atoms with Crippen LogP contribution in [0, 0.1) is 5.41 Å². The Hall–Kier alpha value is -0.740. The molecule has 1 aliphatic rings. The van der Waals surface area contributed by atoms with Crippen LogP contribution < -0.4 is 0 Å². The van der Waals surface area contributed by atoms with Crippen LogP contribution in [0.1, 0.15) is 31.1 Å². The molecule has 0 aromatic carbocycles. The van der Waals surface area contributed by atoms with Gasteiger partial charge in [-0.15, -0.1) is 0 Å². The number of rotatable bonds is 3. The topological polar surface area (TPSA) is 37.3 Å². The molecule has 12 heavy (non-hydrogen) atoms. The number of halogens is 3. The van der Waals surface area contributed by atoms with Crippen molar-refractivity contribution in [1.82, 2.24) is 0 Å². The molecule has 0 atom stereocenters. The molecule has 5 heteroatoms. The van der Waals surface area contributed by atoms with Crippen molar-refractivity contribution >= 4 is 5.97 Å². The maximum Gasteiger partial charge on any atom is 0.394 e. The van der Waals surface area contributed by atoms with Gasteiger partial charge in [0.15, 0.2) is 0 Å². The molecule has 0 unspecified atom stereocenters. The van der Waals surface area contributed by atoms with Crippen LogP contribution in [0.15, 0.2) is 0 Å². The van der Waals surface area contributed by atoms with Crippen molar-refractivity contribution in [3.8, 4) is 0 Å². The van der Waals surface area contributed by atoms with Gasteiger partial charge in [-0.1, -0.05) is 0 Å². The summed E-state index contributed by atoms with van der Waals surface area (Å²) in [5, 5.41) is 8.45. The molecule has 70 valence electrons. The molecular weight excluding hydrogens is 173 g/mol. The summed E-state index contributed by atoms with van der Waals surface area (Å²) in [6.45, 7) is 0. The van der Waals surface area contributed by atoms with E-state index in [-0.39, 0.29) is 0 Å². The molecule has 1 aliphatic carbocycles. The van der Waals surface area contributed by atoms with Gasteiger partial charge in [-0.05, 0) is 19.2 Å². The second-order valence-electron chi connectivity index (χ2n) is 2.64. The Kier molecular flexibility index (Phi) is 1.12. The summed E-state index contributed by atoms with van der Waals surface area (Å²) in [5.74, 6) is -2.23. The largest absolute Gasteiger partial charge is 0.481 e. The summed E-state index contributed by atoms with van der Waals surface area (Å²) >= 11 is 0. The zero-order valence-corrected chi connectivity index (χ0v) is 5.90. The van der Waals surface area contributed by atoms with Crippen LogP contribution in [0.3, 0.4) is 0 Å². The summed E-state index contributed by atoms with van der Waals surface area (Å²) in [6.07, 6.45) is -13.2. The molecule has 1 N–H and O–H groups in total. The van der Waals surface area contributed by atoms with Gasteiger partial charge in [0.2, 0.25) is 0 Å². The van der Waals surface area contributed by atoms with Crippen molar-refractivity contribution in [2.45, 2.75) is 31.8 Å². The molecule has 0 radical (unpaired) electrons. The molecule has 1 rings (SSSR count). The standard InChI is InChI=1S/C7H9F3O2/c8-7(9,10)6(3-4-6)2-1-5(11)12/h1-4H2,(H,11,12)/i1D2,2D2. The van der Waals surface area contributed by atoms with E-state index in [0.717, 1.165) is 0 Å². The van der Waals surface area contributed by atoms with E-state index in [0.29, 0.717) is 0 Å². The SMILES string of the molecule is [2H]C([2H])(C(=O)O)C([2H])([2H])C1(C(F)(F)F)CC1. The van der Waals surface area contributed by atoms with E-state index >= 15 is 0 Å². The predicted octanol–water partition coefficient (Wildman–Crippen LogP) is 2.19. The highest BCUT2D eigenvalue weighted by atomic mass is 19.4. The number of hydrogen-bond acceptors (Lipinski definition) is 1. The molecule has 0 spiro atoms. The molecule has 0 aliphatic heterocycles. The lowest BCUT2D eigenvalue weighted by Crippen LogP contribution is -2.25. The van der Waals surface area contributed by atoms with Crippen molar-refractivity contribution in [3.63, 3.8) is 0 Å². The Morgan fingerprint density at radius 2 is 2.08 bits per heavy atom. The van der Waals surface area contributed by atoms with Gasteiger partial charge in [0, 0.05) is 11.9 Å². The van der Waals surface area contributed by atoms with Gasteiger partial charge in [-0.3, -0.25) is 4.79 Å². The lowest BCUT2D eigenvalue weighted by Gasteiger charge is -2.17. The van der Waals surface area contributed by atoms with E-state index in [1.54, 1.807) is 0 Å². The van der Waals surface area contributed by atoms with Crippen molar-refractivity contribution in [1.29, 1.82) is 0 Å². The first-order valence-corrected chi connectivity index (χ1v) is 3.20. The third kappa shape index (κ3) is 1.70. The lowest BCUT2D eigenvalue weighted by atomic mass is 10.00. The Labute approximate surface area is 73.0 Å². The number of carboxylic acid groups (broad SMARTS) is 1. The zero-order valence-electron chi connectivity index (χ0n) is 9.90. The number of aliphatic carboxylic acids is 1. The van der Waals surface area contributed by atoms with Gasteiger partial charge in [-0.25, -0.2) is 0 Å². The van der Waals surface area contributed by atoms with Crippen LogP contribution in [-0.4, -0.2) is 17.3 Å². The average Bonchev–Trinajstić information content (AvgIpc) is 2.80. The first kappa shape index (κ1) is 5.09. The van der Waals surface area contributed by atoms with Crippen LogP contribution >= 0.6 is 0 Å². The molecule has 2 nitrogen and oxygen atoms in total. The highest BCUT2D eigenvalue weighted by molar-refractivity contribution is 5.66. The fourth-order valence-corrected chi connectivity index (χ4v) is 0.777. The van der Waals surface area contributed by atoms with E-state index < -0.39 is 43.1 Å². The highest BCUT2D eigenvalue weighted by Crippen LogP contribution is 2.60. The van der Waals surface area contributed by atoms with Crippen molar-refractivity contribution in [2.24, 2.45) is 5.41 Å². The van der Waals surface area contributed by atoms with Gasteiger partial charge in [0.05, 0.1) is 5.41 Å². The summed E-state index contributed by atoms with van der Waals surface area (Å²) < 4.78 is 66.0. The Bertz CT molecular complexity index is 322. The van der Waals surface area contributed by atoms with Gasteiger partial charge >= 0.3 is 12.1 Å². The Morgan fingerprint density at radius 3 is 2.33 bits per heavy atom. The third-order valence-electron chi connectivity index (χ3n) is 1.70. The third-order valence-corrected chi connectivity index (χ3v) is 1.70. The fourth-order valence-electron chi connectivity index (χ4n) is 0.777. The molecular formula is C7H9F3O2. The molecule has 0 saturated heterocycles. The first-order valence-electron chi connectivity index (χ1n) is 5.20. The minimum atomic E-state index is -4.95. The summed E-state index contributed by atoms with van der Waals surface area (Å²) in [6, 6.07) is 0. The zero-order chi connectivity index (χ0) is 13.0. The van der Waals surface area contributed by atoms with Gasteiger partial charge < -0.3 is 5.11 Å². The van der Waals surface area contributed by atoms with Gasteiger partial charge in [0.25, 0.3) is 0 Å². The Balaban J connectivity index is 3.18. The molecule has 0 bridgehead atoms.